The lowest BCUT2D eigenvalue weighted by Gasteiger charge is -2.03. The Balaban J connectivity index is 2.47. The van der Waals surface area contributed by atoms with Crippen molar-refractivity contribution in [1.82, 2.24) is 9.78 Å². The molecule has 4 nitrogen and oxygen atoms in total. The molecule has 2 rings (SSSR count). The zero-order chi connectivity index (χ0) is 13.1. The molecule has 0 saturated carbocycles. The average Bonchev–Trinajstić information content (AvgIpc) is 2.63. The molecule has 0 spiro atoms. The normalized spacial score (nSPS) is 11.0. The Morgan fingerprint density at radius 1 is 1.28 bits per heavy atom. The number of rotatable bonds is 3. The van der Waals surface area contributed by atoms with Crippen molar-refractivity contribution in [3.05, 3.63) is 53.4 Å². The molecule has 0 fully saturated rings. The van der Waals surface area contributed by atoms with E-state index in [1.807, 2.05) is 44.2 Å². The number of aliphatic carboxylic acids is 1. The topological polar surface area (TPSA) is 58.0 Å². The van der Waals surface area contributed by atoms with Crippen LogP contribution < -0.4 is 5.11 Å². The van der Waals surface area contributed by atoms with E-state index in [-0.39, 0.29) is 0 Å². The van der Waals surface area contributed by atoms with Crippen molar-refractivity contribution < 1.29 is 9.90 Å². The Bertz CT molecular complexity index is 598. The molecular formula is C14H13N2O2-. The summed E-state index contributed by atoms with van der Waals surface area (Å²) in [6.07, 6.45) is 2.54. The number of hydrogen-bond acceptors (Lipinski definition) is 3. The van der Waals surface area contributed by atoms with Crippen molar-refractivity contribution in [1.29, 1.82) is 0 Å². The molecule has 0 unspecified atom stereocenters. The van der Waals surface area contributed by atoms with E-state index >= 15 is 0 Å². The van der Waals surface area contributed by atoms with Crippen LogP contribution in [-0.2, 0) is 4.79 Å². The molecule has 1 aromatic heterocycles. The van der Waals surface area contributed by atoms with Gasteiger partial charge in [0, 0.05) is 11.3 Å². The van der Waals surface area contributed by atoms with E-state index in [1.165, 1.54) is 6.08 Å². The van der Waals surface area contributed by atoms with Gasteiger partial charge in [0.15, 0.2) is 0 Å². The first-order valence-corrected chi connectivity index (χ1v) is 5.60. The summed E-state index contributed by atoms with van der Waals surface area (Å²) in [7, 11) is 0. The molecule has 2 aromatic rings. The van der Waals surface area contributed by atoms with E-state index in [1.54, 1.807) is 4.68 Å². The molecule has 1 aromatic carbocycles. The maximum Gasteiger partial charge on any atom is 0.0673 e. The third kappa shape index (κ3) is 2.32. The SMILES string of the molecule is Cc1nn(-c2ccccc2)c(C)c1/C=C/C(=O)[O-]. The van der Waals surface area contributed by atoms with Gasteiger partial charge in [-0.15, -0.1) is 0 Å². The van der Waals surface area contributed by atoms with Crippen LogP contribution in [0.3, 0.4) is 0 Å². The van der Waals surface area contributed by atoms with Gasteiger partial charge in [0.05, 0.1) is 17.4 Å². The molecule has 0 radical (unpaired) electrons. The molecule has 0 saturated heterocycles. The van der Waals surface area contributed by atoms with E-state index in [2.05, 4.69) is 5.10 Å². The summed E-state index contributed by atoms with van der Waals surface area (Å²) in [5.74, 6) is -1.21. The van der Waals surface area contributed by atoms with Gasteiger partial charge in [0.2, 0.25) is 0 Å². The first-order valence-electron chi connectivity index (χ1n) is 5.60. The summed E-state index contributed by atoms with van der Waals surface area (Å²) in [6.45, 7) is 3.75. The van der Waals surface area contributed by atoms with Crippen molar-refractivity contribution in [3.8, 4) is 5.69 Å². The van der Waals surface area contributed by atoms with Crippen LogP contribution in [0.1, 0.15) is 17.0 Å². The van der Waals surface area contributed by atoms with Crippen LogP contribution in [0.2, 0.25) is 0 Å². The first kappa shape index (κ1) is 12.1. The number of carboxylic acid groups (broad SMARTS) is 1. The molecule has 18 heavy (non-hydrogen) atoms. The molecule has 0 N–H and O–H groups in total. The number of aryl methyl sites for hydroxylation is 1. The maximum absolute atomic E-state index is 10.4. The summed E-state index contributed by atoms with van der Waals surface area (Å²) in [5, 5.41) is 14.9. The first-order chi connectivity index (χ1) is 8.59. The third-order valence-corrected chi connectivity index (χ3v) is 2.73. The summed E-state index contributed by atoms with van der Waals surface area (Å²) >= 11 is 0. The summed E-state index contributed by atoms with van der Waals surface area (Å²) < 4.78 is 1.80. The minimum atomic E-state index is -1.21. The molecule has 0 atom stereocenters. The summed E-state index contributed by atoms with van der Waals surface area (Å²) in [4.78, 5) is 10.4. The monoisotopic (exact) mass is 241 g/mol. The highest BCUT2D eigenvalue weighted by Gasteiger charge is 2.09. The number of benzene rings is 1. The van der Waals surface area contributed by atoms with Crippen LogP contribution in [0.15, 0.2) is 36.4 Å². The number of nitrogens with zero attached hydrogens (tertiary/aromatic N) is 2. The summed E-state index contributed by atoms with van der Waals surface area (Å²) in [5.41, 5.74) is 3.44. The molecule has 0 aliphatic carbocycles. The number of carbonyl (C=O) groups is 1. The lowest BCUT2D eigenvalue weighted by atomic mass is 10.2. The number of carbonyl (C=O) groups excluding carboxylic acids is 1. The Morgan fingerprint density at radius 2 is 1.94 bits per heavy atom. The van der Waals surface area contributed by atoms with Crippen LogP contribution in [0.5, 0.6) is 0 Å². The van der Waals surface area contributed by atoms with Crippen LogP contribution in [0, 0.1) is 13.8 Å². The van der Waals surface area contributed by atoms with Gasteiger partial charge in [0.25, 0.3) is 0 Å². The largest absolute Gasteiger partial charge is 0.545 e. The lowest BCUT2D eigenvalue weighted by molar-refractivity contribution is -0.297. The zero-order valence-electron chi connectivity index (χ0n) is 10.3. The highest BCUT2D eigenvalue weighted by molar-refractivity contribution is 5.84. The van der Waals surface area contributed by atoms with Crippen LogP contribution >= 0.6 is 0 Å². The van der Waals surface area contributed by atoms with Gasteiger partial charge in [-0.1, -0.05) is 18.2 Å². The van der Waals surface area contributed by atoms with E-state index in [9.17, 15) is 9.90 Å². The molecule has 4 heteroatoms. The standard InChI is InChI=1S/C14H14N2O2/c1-10-13(8-9-14(17)18)11(2)16(15-10)12-6-4-3-5-7-12/h3-9H,1-2H3,(H,17,18)/p-1/b9-8+. The Hall–Kier alpha value is -2.36. The van der Waals surface area contributed by atoms with Crippen LogP contribution in [-0.4, -0.2) is 15.7 Å². The van der Waals surface area contributed by atoms with Crippen molar-refractivity contribution in [2.24, 2.45) is 0 Å². The van der Waals surface area contributed by atoms with Gasteiger partial charge < -0.3 is 9.90 Å². The van der Waals surface area contributed by atoms with E-state index in [0.717, 1.165) is 28.7 Å². The van der Waals surface area contributed by atoms with Crippen molar-refractivity contribution in [3.63, 3.8) is 0 Å². The molecule has 92 valence electrons. The highest BCUT2D eigenvalue weighted by Crippen LogP contribution is 2.18. The number of hydrogen-bond donors (Lipinski definition) is 0. The van der Waals surface area contributed by atoms with Crippen LogP contribution in [0.4, 0.5) is 0 Å². The van der Waals surface area contributed by atoms with Gasteiger partial charge in [0.1, 0.15) is 0 Å². The number of carboxylic acids is 1. The fourth-order valence-corrected chi connectivity index (χ4v) is 1.87. The Kier molecular flexibility index (Phi) is 3.28. The Labute approximate surface area is 105 Å². The predicted octanol–water partition coefficient (Wildman–Crippen LogP) is 1.25. The van der Waals surface area contributed by atoms with Gasteiger partial charge >= 0.3 is 0 Å². The van der Waals surface area contributed by atoms with E-state index in [4.69, 9.17) is 0 Å². The molecule has 0 aliphatic heterocycles. The minimum Gasteiger partial charge on any atom is -0.545 e. The second kappa shape index (κ2) is 4.87. The minimum absolute atomic E-state index is 0.786. The smallest absolute Gasteiger partial charge is 0.0673 e. The quantitative estimate of drug-likeness (QED) is 0.760. The second-order valence-corrected chi connectivity index (χ2v) is 3.98. The van der Waals surface area contributed by atoms with Gasteiger partial charge in [-0.05, 0) is 38.1 Å². The highest BCUT2D eigenvalue weighted by atomic mass is 16.4. The lowest BCUT2D eigenvalue weighted by Crippen LogP contribution is -2.18. The predicted molar refractivity (Wildman–Crippen MR) is 67.1 cm³/mol. The molecule has 0 aliphatic rings. The fourth-order valence-electron chi connectivity index (χ4n) is 1.87. The third-order valence-electron chi connectivity index (χ3n) is 2.73. The number of aromatic nitrogens is 2. The summed E-state index contributed by atoms with van der Waals surface area (Å²) in [6, 6.07) is 9.70. The molecule has 0 bridgehead atoms. The van der Waals surface area contributed by atoms with Crippen molar-refractivity contribution >= 4 is 12.0 Å². The number of para-hydroxylation sites is 1. The van der Waals surface area contributed by atoms with Crippen molar-refractivity contribution in [2.45, 2.75) is 13.8 Å². The molecule has 0 amide bonds. The van der Waals surface area contributed by atoms with Gasteiger partial charge in [-0.25, -0.2) is 4.68 Å². The average molecular weight is 241 g/mol. The van der Waals surface area contributed by atoms with Crippen LogP contribution in [0.25, 0.3) is 11.8 Å². The Morgan fingerprint density at radius 3 is 2.56 bits per heavy atom. The van der Waals surface area contributed by atoms with Gasteiger partial charge in [-0.3, -0.25) is 0 Å². The zero-order valence-corrected chi connectivity index (χ0v) is 10.3. The second-order valence-electron chi connectivity index (χ2n) is 3.98. The molecule has 1 heterocycles. The van der Waals surface area contributed by atoms with Crippen molar-refractivity contribution in [2.75, 3.05) is 0 Å². The van der Waals surface area contributed by atoms with Gasteiger partial charge in [-0.2, -0.15) is 5.10 Å². The molecular weight excluding hydrogens is 228 g/mol. The fraction of sp³-hybridized carbons (Fsp3) is 0.143. The van der Waals surface area contributed by atoms with E-state index < -0.39 is 5.97 Å². The maximum atomic E-state index is 10.4. The van der Waals surface area contributed by atoms with E-state index in [0.29, 0.717) is 0 Å².